The van der Waals surface area contributed by atoms with Crippen LogP contribution in [0, 0.1) is 11.3 Å². The summed E-state index contributed by atoms with van der Waals surface area (Å²) in [7, 11) is 0. The summed E-state index contributed by atoms with van der Waals surface area (Å²) in [6.45, 7) is 0. The first-order chi connectivity index (χ1) is 8.48. The predicted octanol–water partition coefficient (Wildman–Crippen LogP) is 2.69. The highest BCUT2D eigenvalue weighted by Crippen LogP contribution is 2.39. The van der Waals surface area contributed by atoms with Gasteiger partial charge in [0.15, 0.2) is 0 Å². The highest BCUT2D eigenvalue weighted by atomic mass is 19.4. The Morgan fingerprint density at radius 2 is 1.42 bits per heavy atom. The van der Waals surface area contributed by atoms with E-state index in [0.717, 1.165) is 6.07 Å². The van der Waals surface area contributed by atoms with Gasteiger partial charge in [-0.1, -0.05) is 0 Å². The zero-order valence-corrected chi connectivity index (χ0v) is 8.86. The van der Waals surface area contributed by atoms with Crippen LogP contribution in [0.25, 0.3) is 0 Å². The molecule has 102 valence electrons. The van der Waals surface area contributed by atoms with Gasteiger partial charge >= 0.3 is 12.4 Å². The van der Waals surface area contributed by atoms with E-state index >= 15 is 0 Å². The van der Waals surface area contributed by atoms with Crippen molar-refractivity contribution < 1.29 is 31.1 Å². The number of rotatable bonds is 1. The second-order valence-corrected chi connectivity index (χ2v) is 3.42. The smallest absolute Gasteiger partial charge is 0.366 e. The predicted molar refractivity (Wildman–Crippen MR) is 49.7 cm³/mol. The molecule has 0 aliphatic rings. The van der Waals surface area contributed by atoms with E-state index in [9.17, 15) is 31.1 Å². The fraction of sp³-hybridized carbons (Fsp3) is 0.200. The molecule has 0 heterocycles. The topological polar surface area (TPSA) is 66.9 Å². The molecule has 0 spiro atoms. The fourth-order valence-electron chi connectivity index (χ4n) is 1.35. The summed E-state index contributed by atoms with van der Waals surface area (Å²) in [6, 6.07) is 1.09. The number of benzene rings is 1. The van der Waals surface area contributed by atoms with Crippen molar-refractivity contribution in [2.75, 3.05) is 0 Å². The summed E-state index contributed by atoms with van der Waals surface area (Å²) in [5.74, 6) is -1.46. The minimum Gasteiger partial charge on any atom is -0.366 e. The van der Waals surface area contributed by atoms with Gasteiger partial charge in [-0.25, -0.2) is 0 Å². The third-order valence-corrected chi connectivity index (χ3v) is 2.15. The average molecular weight is 282 g/mol. The van der Waals surface area contributed by atoms with E-state index in [4.69, 9.17) is 5.26 Å². The summed E-state index contributed by atoms with van der Waals surface area (Å²) < 4.78 is 75.5. The standard InChI is InChI=1S/C10H4F6N2O/c11-9(12,13)6-1-4(8(18)19)2-7(5(6)3-17)10(14,15)16/h1-2H,(H2,18,19). The van der Waals surface area contributed by atoms with Crippen LogP contribution in [0.3, 0.4) is 0 Å². The maximum Gasteiger partial charge on any atom is 0.417 e. The number of nitrogens with zero attached hydrogens (tertiary/aromatic N) is 1. The molecule has 0 saturated carbocycles. The van der Waals surface area contributed by atoms with Crippen molar-refractivity contribution >= 4 is 5.91 Å². The first kappa shape index (κ1) is 14.8. The van der Waals surface area contributed by atoms with Crippen LogP contribution in [0.1, 0.15) is 27.0 Å². The zero-order valence-electron chi connectivity index (χ0n) is 8.86. The van der Waals surface area contributed by atoms with Gasteiger partial charge in [-0.05, 0) is 12.1 Å². The summed E-state index contributed by atoms with van der Waals surface area (Å²) in [5.41, 5.74) is -1.59. The van der Waals surface area contributed by atoms with Crippen molar-refractivity contribution in [3.8, 4) is 6.07 Å². The molecule has 3 nitrogen and oxygen atoms in total. The minimum atomic E-state index is -5.21. The molecule has 0 radical (unpaired) electrons. The van der Waals surface area contributed by atoms with Gasteiger partial charge < -0.3 is 5.73 Å². The van der Waals surface area contributed by atoms with E-state index in [1.54, 1.807) is 0 Å². The van der Waals surface area contributed by atoms with E-state index in [1.165, 1.54) is 0 Å². The van der Waals surface area contributed by atoms with Crippen LogP contribution in [-0.4, -0.2) is 5.91 Å². The number of alkyl halides is 6. The van der Waals surface area contributed by atoms with Gasteiger partial charge in [0.2, 0.25) is 5.91 Å². The Balaban J connectivity index is 3.79. The normalized spacial score (nSPS) is 12.1. The molecule has 0 atom stereocenters. The van der Waals surface area contributed by atoms with Crippen molar-refractivity contribution in [1.82, 2.24) is 0 Å². The number of hydrogen-bond donors (Lipinski definition) is 1. The Morgan fingerprint density at radius 3 is 1.63 bits per heavy atom. The molecule has 0 unspecified atom stereocenters. The van der Waals surface area contributed by atoms with Crippen LogP contribution in [0.4, 0.5) is 26.3 Å². The Kier molecular flexibility index (Phi) is 3.48. The first-order valence-corrected chi connectivity index (χ1v) is 4.51. The summed E-state index contributed by atoms with van der Waals surface area (Å²) in [6.07, 6.45) is -10.4. The van der Waals surface area contributed by atoms with Crippen LogP contribution in [-0.2, 0) is 12.4 Å². The molecule has 0 saturated heterocycles. The molecule has 0 aliphatic heterocycles. The molecule has 1 rings (SSSR count). The van der Waals surface area contributed by atoms with Crippen LogP contribution < -0.4 is 5.73 Å². The zero-order chi connectivity index (χ0) is 15.0. The maximum absolute atomic E-state index is 12.6. The number of carbonyl (C=O) groups is 1. The molecular formula is C10H4F6N2O. The highest BCUT2D eigenvalue weighted by Gasteiger charge is 2.42. The van der Waals surface area contributed by atoms with Crippen LogP contribution in [0.2, 0.25) is 0 Å². The van der Waals surface area contributed by atoms with Crippen LogP contribution in [0.15, 0.2) is 12.1 Å². The van der Waals surface area contributed by atoms with E-state index in [1.807, 2.05) is 0 Å². The van der Waals surface area contributed by atoms with Gasteiger partial charge in [-0.15, -0.1) is 0 Å². The van der Waals surface area contributed by atoms with E-state index in [-0.39, 0.29) is 12.1 Å². The summed E-state index contributed by atoms with van der Waals surface area (Å²) in [4.78, 5) is 10.8. The van der Waals surface area contributed by atoms with Gasteiger partial charge in [-0.2, -0.15) is 31.6 Å². The quantitative estimate of drug-likeness (QED) is 0.805. The Labute approximate surface area is 102 Å². The first-order valence-electron chi connectivity index (χ1n) is 4.51. The van der Waals surface area contributed by atoms with E-state index in [0.29, 0.717) is 0 Å². The number of amides is 1. The Morgan fingerprint density at radius 1 is 1.05 bits per heavy atom. The molecule has 0 aliphatic carbocycles. The third kappa shape index (κ3) is 2.96. The third-order valence-electron chi connectivity index (χ3n) is 2.15. The monoisotopic (exact) mass is 282 g/mol. The van der Waals surface area contributed by atoms with Gasteiger partial charge in [0.1, 0.15) is 6.07 Å². The minimum absolute atomic E-state index is 0.121. The van der Waals surface area contributed by atoms with Crippen molar-refractivity contribution in [1.29, 1.82) is 5.26 Å². The SMILES string of the molecule is N#Cc1c(C(F)(F)F)cc(C(N)=O)cc1C(F)(F)F. The average Bonchev–Trinajstić information content (AvgIpc) is 2.24. The molecule has 2 N–H and O–H groups in total. The molecule has 0 fully saturated rings. The molecular weight excluding hydrogens is 278 g/mol. The van der Waals surface area contributed by atoms with Crippen molar-refractivity contribution in [2.24, 2.45) is 5.73 Å². The fourth-order valence-corrected chi connectivity index (χ4v) is 1.35. The lowest BCUT2D eigenvalue weighted by Crippen LogP contribution is -2.19. The van der Waals surface area contributed by atoms with Gasteiger partial charge in [0.05, 0.1) is 16.7 Å². The van der Waals surface area contributed by atoms with E-state index in [2.05, 4.69) is 5.73 Å². The van der Waals surface area contributed by atoms with Crippen LogP contribution in [0.5, 0.6) is 0 Å². The lowest BCUT2D eigenvalue weighted by molar-refractivity contribution is -0.143. The molecule has 0 aromatic heterocycles. The number of nitriles is 1. The Bertz CT molecular complexity index is 532. The van der Waals surface area contributed by atoms with Gasteiger partial charge in [0.25, 0.3) is 0 Å². The van der Waals surface area contributed by atoms with Gasteiger partial charge in [-0.3, -0.25) is 4.79 Å². The second-order valence-electron chi connectivity index (χ2n) is 3.42. The Hall–Kier alpha value is -2.24. The molecule has 1 amide bonds. The largest absolute Gasteiger partial charge is 0.417 e. The van der Waals surface area contributed by atoms with Crippen molar-refractivity contribution in [2.45, 2.75) is 12.4 Å². The lowest BCUT2D eigenvalue weighted by atomic mass is 9.97. The molecule has 9 heteroatoms. The number of halogens is 6. The number of primary amides is 1. The lowest BCUT2D eigenvalue weighted by Gasteiger charge is -2.15. The molecule has 0 bridgehead atoms. The maximum atomic E-state index is 12.6. The number of carbonyl (C=O) groups excluding carboxylic acids is 1. The molecule has 19 heavy (non-hydrogen) atoms. The van der Waals surface area contributed by atoms with Crippen molar-refractivity contribution in [3.05, 3.63) is 34.4 Å². The molecule has 1 aromatic rings. The van der Waals surface area contributed by atoms with Crippen LogP contribution >= 0.6 is 0 Å². The second kappa shape index (κ2) is 4.46. The number of hydrogen-bond acceptors (Lipinski definition) is 2. The summed E-state index contributed by atoms with van der Waals surface area (Å²) >= 11 is 0. The van der Waals surface area contributed by atoms with Crippen molar-refractivity contribution in [3.63, 3.8) is 0 Å². The van der Waals surface area contributed by atoms with E-state index < -0.39 is 40.5 Å². The van der Waals surface area contributed by atoms with Gasteiger partial charge in [0, 0.05) is 5.56 Å². The summed E-state index contributed by atoms with van der Waals surface area (Å²) in [5, 5.41) is 8.49. The highest BCUT2D eigenvalue weighted by molar-refractivity contribution is 5.93. The number of nitrogens with two attached hydrogens (primary N) is 1. The molecule has 1 aromatic carbocycles.